The molecule has 4 aliphatic rings. The first-order valence-corrected chi connectivity index (χ1v) is 15.4. The number of carbonyl (C=O) groups is 2. The molecule has 0 saturated heterocycles. The lowest BCUT2D eigenvalue weighted by Crippen LogP contribution is -2.53. The number of ether oxygens (including phenoxy) is 1. The van der Waals surface area contributed by atoms with Gasteiger partial charge in [0, 0.05) is 18.8 Å². The number of allylic oxidation sites excluding steroid dienone is 1. The Balaban J connectivity index is 1.45. The molecule has 0 aliphatic heterocycles. The van der Waals surface area contributed by atoms with Gasteiger partial charge in [-0.15, -0.1) is 0 Å². The predicted octanol–water partition coefficient (Wildman–Crippen LogP) is 8.55. The molecule has 3 saturated carbocycles. The molecule has 0 aromatic rings. The van der Waals surface area contributed by atoms with Crippen LogP contribution in [-0.2, 0) is 14.3 Å². The van der Waals surface area contributed by atoms with Gasteiger partial charge in [0.15, 0.2) is 5.78 Å². The largest absolute Gasteiger partial charge is 0.462 e. The summed E-state index contributed by atoms with van der Waals surface area (Å²) < 4.78 is 5.89. The highest BCUT2D eigenvalue weighted by Gasteiger charge is 2.61. The van der Waals surface area contributed by atoms with E-state index in [1.807, 2.05) is 6.08 Å². The van der Waals surface area contributed by atoms with Gasteiger partial charge >= 0.3 is 5.97 Å². The van der Waals surface area contributed by atoms with Crippen LogP contribution in [0.15, 0.2) is 11.6 Å². The van der Waals surface area contributed by atoms with Gasteiger partial charge in [-0.25, -0.2) is 0 Å². The highest BCUT2D eigenvalue weighted by molar-refractivity contribution is 5.94. The molecule has 3 fully saturated rings. The summed E-state index contributed by atoms with van der Waals surface area (Å²) in [7, 11) is 0. The van der Waals surface area contributed by atoms with Gasteiger partial charge in [0.05, 0.1) is 0 Å². The van der Waals surface area contributed by atoms with E-state index in [9.17, 15) is 9.59 Å². The number of hydrogen-bond acceptors (Lipinski definition) is 3. The third-order valence-electron chi connectivity index (χ3n) is 11.3. The monoisotopic (exact) mass is 498 g/mol. The fourth-order valence-corrected chi connectivity index (χ4v) is 9.14. The maximum absolute atomic E-state index is 13.8. The Labute approximate surface area is 221 Å². The van der Waals surface area contributed by atoms with Crippen LogP contribution in [0, 0.1) is 52.3 Å². The Bertz CT molecular complexity index is 840. The molecule has 0 heterocycles. The predicted molar refractivity (Wildman–Crippen MR) is 147 cm³/mol. The van der Waals surface area contributed by atoms with Crippen molar-refractivity contribution < 1.29 is 14.3 Å². The molecule has 36 heavy (non-hydrogen) atoms. The fraction of sp³-hybridized carbons (Fsp3) is 0.879. The van der Waals surface area contributed by atoms with Crippen molar-refractivity contribution in [2.75, 3.05) is 0 Å². The molecular weight excluding hydrogens is 444 g/mol. The molecule has 0 unspecified atom stereocenters. The highest BCUT2D eigenvalue weighted by Crippen LogP contribution is 2.66. The minimum absolute atomic E-state index is 0.0512. The zero-order valence-corrected chi connectivity index (χ0v) is 24.4. The molecule has 3 nitrogen and oxygen atoms in total. The summed E-state index contributed by atoms with van der Waals surface area (Å²) >= 11 is 0. The highest BCUT2D eigenvalue weighted by atomic mass is 16.5. The van der Waals surface area contributed by atoms with Crippen LogP contribution in [0.25, 0.3) is 0 Å². The maximum atomic E-state index is 13.8. The van der Waals surface area contributed by atoms with Gasteiger partial charge in [-0.2, -0.15) is 0 Å². The summed E-state index contributed by atoms with van der Waals surface area (Å²) in [5.41, 5.74) is 1.70. The van der Waals surface area contributed by atoms with Gasteiger partial charge in [-0.1, -0.05) is 73.3 Å². The van der Waals surface area contributed by atoms with Crippen LogP contribution in [0.3, 0.4) is 0 Å². The summed E-state index contributed by atoms with van der Waals surface area (Å²) in [6, 6.07) is 0. The Morgan fingerprint density at radius 2 is 1.67 bits per heavy atom. The molecule has 3 heteroatoms. The summed E-state index contributed by atoms with van der Waals surface area (Å²) in [6.07, 6.45) is 15.1. The van der Waals surface area contributed by atoms with E-state index in [1.165, 1.54) is 50.5 Å². The Morgan fingerprint density at radius 1 is 0.944 bits per heavy atom. The van der Waals surface area contributed by atoms with E-state index in [0.29, 0.717) is 35.4 Å². The average molecular weight is 499 g/mol. The first-order valence-electron chi connectivity index (χ1n) is 15.4. The molecule has 4 rings (SSSR count). The molecule has 4 aliphatic carbocycles. The standard InChI is InChI=1S/C33H54O3/c1-21(2)9-8-10-23(5)26-12-13-27-31-28(16-18-33(26,27)7)32(6)17-15-25(19-24(32)20-29(31)34)36-30(35)14-11-22(3)4/h20-23,25-28,31H,8-19H2,1-7H3/t23-,25+,26-,27+,28+,31+,32+,33-/m1/s1. The normalized spacial score (nSPS) is 38.9. The minimum Gasteiger partial charge on any atom is -0.462 e. The lowest BCUT2D eigenvalue weighted by Gasteiger charge is -2.57. The van der Waals surface area contributed by atoms with Gasteiger partial charge in [0.2, 0.25) is 0 Å². The van der Waals surface area contributed by atoms with Gasteiger partial charge < -0.3 is 4.74 Å². The number of fused-ring (bicyclic) bond motifs is 5. The first-order chi connectivity index (χ1) is 17.0. The molecule has 0 aromatic heterocycles. The van der Waals surface area contributed by atoms with Crippen molar-refractivity contribution in [3.63, 3.8) is 0 Å². The van der Waals surface area contributed by atoms with Crippen LogP contribution in [0.4, 0.5) is 0 Å². The summed E-state index contributed by atoms with van der Waals surface area (Å²) in [6.45, 7) is 16.4. The van der Waals surface area contributed by atoms with Crippen LogP contribution in [0.2, 0.25) is 0 Å². The summed E-state index contributed by atoms with van der Waals surface area (Å²) in [4.78, 5) is 26.1. The van der Waals surface area contributed by atoms with Gasteiger partial charge in [-0.3, -0.25) is 9.59 Å². The zero-order valence-electron chi connectivity index (χ0n) is 24.4. The van der Waals surface area contributed by atoms with E-state index in [4.69, 9.17) is 4.74 Å². The van der Waals surface area contributed by atoms with Crippen molar-refractivity contribution in [1.29, 1.82) is 0 Å². The molecular formula is C33H54O3. The molecule has 0 radical (unpaired) electrons. The van der Waals surface area contributed by atoms with Crippen LogP contribution >= 0.6 is 0 Å². The number of hydrogen-bond donors (Lipinski definition) is 0. The van der Waals surface area contributed by atoms with Gasteiger partial charge in [0.1, 0.15) is 6.10 Å². The van der Waals surface area contributed by atoms with E-state index in [0.717, 1.165) is 43.4 Å². The SMILES string of the molecule is CC(C)CCC[C@@H](C)[C@H]1CC[C@H]2[C@@H]3C(=O)C=C4C[C@@H](OC(=O)CCC(C)C)CC[C@]4(C)[C@H]3CC[C@]12C. The second kappa shape index (κ2) is 10.9. The lowest BCUT2D eigenvalue weighted by atomic mass is 9.46. The second-order valence-corrected chi connectivity index (χ2v) is 14.5. The van der Waals surface area contributed by atoms with Crippen molar-refractivity contribution >= 4 is 11.8 Å². The second-order valence-electron chi connectivity index (χ2n) is 14.5. The summed E-state index contributed by atoms with van der Waals surface area (Å²) in [5, 5.41) is 0. The van der Waals surface area contributed by atoms with Crippen molar-refractivity contribution in [2.45, 2.75) is 132 Å². The number of carbonyl (C=O) groups excluding carboxylic acids is 2. The van der Waals surface area contributed by atoms with Crippen molar-refractivity contribution in [3.05, 3.63) is 11.6 Å². The summed E-state index contributed by atoms with van der Waals surface area (Å²) in [5.74, 6) is 4.37. The quantitative estimate of drug-likeness (QED) is 0.299. The molecule has 0 N–H and O–H groups in total. The van der Waals surface area contributed by atoms with Crippen LogP contribution in [0.5, 0.6) is 0 Å². The smallest absolute Gasteiger partial charge is 0.306 e. The van der Waals surface area contributed by atoms with Crippen LogP contribution in [-0.4, -0.2) is 17.9 Å². The molecule has 0 amide bonds. The van der Waals surface area contributed by atoms with Crippen molar-refractivity contribution in [2.24, 2.45) is 52.3 Å². The number of esters is 1. The van der Waals surface area contributed by atoms with Crippen molar-refractivity contribution in [1.82, 2.24) is 0 Å². The number of ketones is 1. The first kappa shape index (κ1) is 27.9. The molecule has 0 spiro atoms. The van der Waals surface area contributed by atoms with Gasteiger partial charge in [0.25, 0.3) is 0 Å². The maximum Gasteiger partial charge on any atom is 0.306 e. The Hall–Kier alpha value is -1.12. The molecule has 0 bridgehead atoms. The molecule has 8 atom stereocenters. The average Bonchev–Trinajstić information content (AvgIpc) is 3.15. The van der Waals surface area contributed by atoms with E-state index in [1.54, 1.807) is 0 Å². The number of rotatable bonds is 9. The van der Waals surface area contributed by atoms with E-state index < -0.39 is 0 Å². The fourth-order valence-electron chi connectivity index (χ4n) is 9.14. The Morgan fingerprint density at radius 3 is 2.36 bits per heavy atom. The van der Waals surface area contributed by atoms with Crippen LogP contribution in [0.1, 0.15) is 126 Å². The van der Waals surface area contributed by atoms with E-state index in [-0.39, 0.29) is 23.4 Å². The van der Waals surface area contributed by atoms with Gasteiger partial charge in [-0.05, 0) is 97.4 Å². The Kier molecular flexibility index (Phi) is 8.47. The van der Waals surface area contributed by atoms with E-state index >= 15 is 0 Å². The van der Waals surface area contributed by atoms with Crippen molar-refractivity contribution in [3.8, 4) is 0 Å². The third-order valence-corrected chi connectivity index (χ3v) is 11.3. The topological polar surface area (TPSA) is 43.4 Å². The molecule has 0 aromatic carbocycles. The molecule has 204 valence electrons. The third kappa shape index (κ3) is 5.37. The lowest BCUT2D eigenvalue weighted by molar-refractivity contribution is -0.152. The minimum atomic E-state index is -0.0640. The van der Waals surface area contributed by atoms with Crippen LogP contribution < -0.4 is 0 Å². The zero-order chi connectivity index (χ0) is 26.3. The van der Waals surface area contributed by atoms with E-state index in [2.05, 4.69) is 48.5 Å².